The Balaban J connectivity index is 0.00000184. The first-order valence-electron chi connectivity index (χ1n) is 13.3. The lowest BCUT2D eigenvalue weighted by molar-refractivity contribution is 0.275. The van der Waals surface area contributed by atoms with Gasteiger partial charge in [0, 0.05) is 0 Å². The van der Waals surface area contributed by atoms with E-state index in [1.165, 1.54) is 99.3 Å². The third-order valence-electron chi connectivity index (χ3n) is 6.18. The normalized spacial score (nSPS) is 11.4. The van der Waals surface area contributed by atoms with Gasteiger partial charge < -0.3 is 19.8 Å². The van der Waals surface area contributed by atoms with E-state index in [2.05, 4.69) is 34.6 Å². The lowest BCUT2D eigenvalue weighted by Gasteiger charge is -2.25. The predicted octanol–water partition coefficient (Wildman–Crippen LogP) is 7.57. The molecule has 0 heterocycles. The van der Waals surface area contributed by atoms with Gasteiger partial charge in [-0.1, -0.05) is 73.1 Å². The van der Waals surface area contributed by atoms with Crippen LogP contribution in [-0.2, 0) is 36.7 Å². The van der Waals surface area contributed by atoms with E-state index in [4.69, 9.17) is 19.2 Å². The van der Waals surface area contributed by atoms with E-state index in [9.17, 15) is 5.11 Å². The van der Waals surface area contributed by atoms with Gasteiger partial charge in [-0.3, -0.25) is 0 Å². The van der Waals surface area contributed by atoms with E-state index in [0.717, 1.165) is 25.7 Å². The maximum Gasteiger partial charge on any atom is 0.466 e. The van der Waals surface area contributed by atoms with Crippen LogP contribution < -0.4 is 0 Å². The fourth-order valence-electron chi connectivity index (χ4n) is 4.42. The first-order chi connectivity index (χ1) is 15.7. The Kier molecular flexibility index (Phi) is 18.0. The monoisotopic (exact) mass is 486 g/mol. The summed E-state index contributed by atoms with van der Waals surface area (Å²) in [6.45, 7) is 11.4. The molecule has 0 aliphatic carbocycles. The molecule has 0 bridgehead atoms. The molecule has 33 heavy (non-hydrogen) atoms. The van der Waals surface area contributed by atoms with Crippen LogP contribution in [0.5, 0.6) is 5.75 Å². The summed E-state index contributed by atoms with van der Waals surface area (Å²) >= 11 is 0. The molecule has 1 rings (SSSR count). The van der Waals surface area contributed by atoms with E-state index in [-0.39, 0.29) is 0 Å². The van der Waals surface area contributed by atoms with Crippen LogP contribution in [-0.4, -0.2) is 19.8 Å². The molecule has 0 saturated carbocycles. The molecule has 0 spiro atoms. The minimum Gasteiger partial charge on any atom is -0.507 e. The zero-order valence-corrected chi connectivity index (χ0v) is 22.9. The summed E-state index contributed by atoms with van der Waals surface area (Å²) in [4.78, 5) is 21.6. The maximum atomic E-state index is 11.4. The van der Waals surface area contributed by atoms with Crippen LogP contribution in [0.4, 0.5) is 0 Å². The lowest BCUT2D eigenvalue weighted by atomic mass is 9.81. The molecule has 1 aromatic rings. The standard InChI is InChI=1S/C27H48O.H3O4P/c1-6-11-16-21-26-24(19-14-9-4)22(17-12-7-2)23(18-13-8-3)25(27(26)28)20-15-10-5;1-5(2,3)4/h28H,6-21H2,1-5H3;(H3,1,2,3,4). The number of benzene rings is 1. The SMILES string of the molecule is CCCCCc1c(O)c(CCCC)c(CCCC)c(CCCC)c1CCCC.O=P(O)(O)O. The van der Waals surface area contributed by atoms with Gasteiger partial charge in [0.2, 0.25) is 0 Å². The van der Waals surface area contributed by atoms with Crippen LogP contribution in [0.25, 0.3) is 0 Å². The van der Waals surface area contributed by atoms with Crippen molar-refractivity contribution in [1.82, 2.24) is 0 Å². The van der Waals surface area contributed by atoms with Crippen molar-refractivity contribution in [2.24, 2.45) is 0 Å². The van der Waals surface area contributed by atoms with Crippen molar-refractivity contribution >= 4 is 7.82 Å². The fourth-order valence-corrected chi connectivity index (χ4v) is 4.42. The average molecular weight is 487 g/mol. The molecule has 0 aromatic heterocycles. The zero-order chi connectivity index (χ0) is 25.3. The highest BCUT2D eigenvalue weighted by Gasteiger charge is 2.22. The van der Waals surface area contributed by atoms with Crippen LogP contribution in [0.1, 0.15) is 133 Å². The number of phosphoric acid groups is 1. The quantitative estimate of drug-likeness (QED) is 0.143. The van der Waals surface area contributed by atoms with E-state index in [1.54, 1.807) is 5.56 Å². The number of phenolic OH excluding ortho intramolecular Hbond substituents is 1. The largest absolute Gasteiger partial charge is 0.507 e. The Hall–Kier alpha value is -0.870. The summed E-state index contributed by atoms with van der Waals surface area (Å²) in [7, 11) is -4.64. The predicted molar refractivity (Wildman–Crippen MR) is 140 cm³/mol. The van der Waals surface area contributed by atoms with Gasteiger partial charge in [0.15, 0.2) is 0 Å². The molecule has 0 saturated heterocycles. The van der Waals surface area contributed by atoms with Gasteiger partial charge in [0.05, 0.1) is 0 Å². The number of hydrogen-bond donors (Lipinski definition) is 4. The van der Waals surface area contributed by atoms with Crippen molar-refractivity contribution in [3.63, 3.8) is 0 Å². The second kappa shape index (κ2) is 18.5. The minimum absolute atomic E-state index is 0.682. The van der Waals surface area contributed by atoms with Gasteiger partial charge in [-0.15, -0.1) is 0 Å². The van der Waals surface area contributed by atoms with Crippen molar-refractivity contribution in [2.45, 2.75) is 137 Å². The Morgan fingerprint density at radius 1 is 0.485 bits per heavy atom. The smallest absolute Gasteiger partial charge is 0.466 e. The molecule has 0 unspecified atom stereocenters. The van der Waals surface area contributed by atoms with Crippen LogP contribution in [0.15, 0.2) is 0 Å². The van der Waals surface area contributed by atoms with Gasteiger partial charge in [0.25, 0.3) is 0 Å². The van der Waals surface area contributed by atoms with Gasteiger partial charge >= 0.3 is 7.82 Å². The topological polar surface area (TPSA) is 98.0 Å². The molecule has 4 N–H and O–H groups in total. The summed E-state index contributed by atoms with van der Waals surface area (Å²) < 4.78 is 8.88. The molecular weight excluding hydrogens is 435 g/mol. The van der Waals surface area contributed by atoms with E-state index in [1.807, 2.05) is 0 Å². The van der Waals surface area contributed by atoms with Gasteiger partial charge in [0.1, 0.15) is 5.75 Å². The first kappa shape index (κ1) is 32.1. The first-order valence-corrected chi connectivity index (χ1v) is 14.9. The highest BCUT2D eigenvalue weighted by Crippen LogP contribution is 2.38. The van der Waals surface area contributed by atoms with Crippen molar-refractivity contribution in [1.29, 1.82) is 0 Å². The molecule has 0 amide bonds. The Labute approximate surface area is 203 Å². The van der Waals surface area contributed by atoms with Crippen LogP contribution in [0.2, 0.25) is 0 Å². The second-order valence-electron chi connectivity index (χ2n) is 9.13. The number of rotatable bonds is 16. The van der Waals surface area contributed by atoms with Gasteiger partial charge in [-0.2, -0.15) is 0 Å². The van der Waals surface area contributed by atoms with Crippen LogP contribution >= 0.6 is 7.82 Å². The molecule has 0 aliphatic rings. The van der Waals surface area contributed by atoms with Crippen LogP contribution in [0.3, 0.4) is 0 Å². The minimum atomic E-state index is -4.64. The van der Waals surface area contributed by atoms with Gasteiger partial charge in [-0.25, -0.2) is 4.57 Å². The number of phenols is 1. The number of aromatic hydroxyl groups is 1. The highest BCUT2D eigenvalue weighted by atomic mass is 31.2. The maximum absolute atomic E-state index is 11.4. The lowest BCUT2D eigenvalue weighted by Crippen LogP contribution is -2.11. The molecule has 1 aromatic carbocycles. The molecular formula is C27H51O5P. The fraction of sp³-hybridized carbons (Fsp3) is 0.778. The van der Waals surface area contributed by atoms with Crippen molar-refractivity contribution < 1.29 is 24.4 Å². The molecule has 6 heteroatoms. The summed E-state index contributed by atoms with van der Waals surface area (Å²) in [6, 6.07) is 0. The molecule has 0 aliphatic heterocycles. The summed E-state index contributed by atoms with van der Waals surface area (Å²) in [6.07, 6.45) is 19.1. The van der Waals surface area contributed by atoms with E-state index >= 15 is 0 Å². The number of unbranched alkanes of at least 4 members (excludes halogenated alkanes) is 6. The van der Waals surface area contributed by atoms with Crippen molar-refractivity contribution in [3.05, 3.63) is 27.8 Å². The zero-order valence-electron chi connectivity index (χ0n) is 22.0. The molecule has 0 radical (unpaired) electrons. The van der Waals surface area contributed by atoms with Crippen molar-refractivity contribution in [3.8, 4) is 5.75 Å². The second-order valence-corrected chi connectivity index (χ2v) is 10.2. The third kappa shape index (κ3) is 13.6. The summed E-state index contributed by atoms with van der Waals surface area (Å²) in [5.74, 6) is 0.682. The summed E-state index contributed by atoms with van der Waals surface area (Å²) in [5, 5.41) is 11.4. The van der Waals surface area contributed by atoms with Crippen molar-refractivity contribution in [2.75, 3.05) is 0 Å². The Morgan fingerprint density at radius 2 is 0.727 bits per heavy atom. The Morgan fingerprint density at radius 3 is 1.03 bits per heavy atom. The third-order valence-corrected chi connectivity index (χ3v) is 6.18. The number of hydrogen-bond acceptors (Lipinski definition) is 2. The molecule has 0 fully saturated rings. The Bertz CT molecular complexity index is 688. The van der Waals surface area contributed by atoms with Gasteiger partial charge in [-0.05, 0) is 92.0 Å². The molecule has 194 valence electrons. The average Bonchev–Trinajstić information content (AvgIpc) is 2.75. The summed E-state index contributed by atoms with van der Waals surface area (Å²) in [5.41, 5.74) is 7.34. The molecule has 5 nitrogen and oxygen atoms in total. The highest BCUT2D eigenvalue weighted by molar-refractivity contribution is 7.45. The van der Waals surface area contributed by atoms with E-state index in [0.29, 0.717) is 5.75 Å². The molecule has 0 atom stereocenters. The van der Waals surface area contributed by atoms with E-state index < -0.39 is 7.82 Å². The van der Waals surface area contributed by atoms with Crippen LogP contribution in [0, 0.1) is 0 Å².